The van der Waals surface area contributed by atoms with Gasteiger partial charge in [-0.3, -0.25) is 4.98 Å². The molecule has 0 amide bonds. The first kappa shape index (κ1) is 12.5. The Labute approximate surface area is 106 Å². The molecule has 0 bridgehead atoms. The molecule has 0 fully saturated rings. The highest BCUT2D eigenvalue weighted by Crippen LogP contribution is 2.22. The van der Waals surface area contributed by atoms with Crippen LogP contribution in [-0.2, 0) is 6.61 Å². The second-order valence-corrected chi connectivity index (χ2v) is 4.12. The number of rotatable bonds is 4. The summed E-state index contributed by atoms with van der Waals surface area (Å²) in [4.78, 5) is 4.22. The normalized spacial score (nSPS) is 12.2. The maximum atomic E-state index is 9.04. The fourth-order valence-corrected chi connectivity index (χ4v) is 1.56. The van der Waals surface area contributed by atoms with E-state index in [9.17, 15) is 0 Å². The molecule has 1 heterocycles. The zero-order chi connectivity index (χ0) is 13.0. The molecule has 2 rings (SSSR count). The lowest BCUT2D eigenvalue weighted by Crippen LogP contribution is -2.06. The van der Waals surface area contributed by atoms with Crippen molar-refractivity contribution in [3.8, 4) is 11.5 Å². The van der Waals surface area contributed by atoms with Crippen molar-refractivity contribution in [2.24, 2.45) is 5.73 Å². The van der Waals surface area contributed by atoms with E-state index in [4.69, 9.17) is 15.6 Å². The van der Waals surface area contributed by atoms with E-state index in [1.54, 1.807) is 12.3 Å². The zero-order valence-corrected chi connectivity index (χ0v) is 10.2. The van der Waals surface area contributed by atoms with E-state index in [0.717, 1.165) is 11.3 Å². The summed E-state index contributed by atoms with van der Waals surface area (Å²) in [7, 11) is 0. The monoisotopic (exact) mass is 244 g/mol. The van der Waals surface area contributed by atoms with Crippen LogP contribution in [0.5, 0.6) is 11.5 Å². The quantitative estimate of drug-likeness (QED) is 0.866. The van der Waals surface area contributed by atoms with Crippen molar-refractivity contribution in [2.45, 2.75) is 19.6 Å². The van der Waals surface area contributed by atoms with Crippen molar-refractivity contribution < 1.29 is 9.84 Å². The van der Waals surface area contributed by atoms with Crippen LogP contribution in [0.3, 0.4) is 0 Å². The maximum absolute atomic E-state index is 9.04. The van der Waals surface area contributed by atoms with Crippen LogP contribution in [0, 0.1) is 0 Å². The first-order chi connectivity index (χ1) is 8.69. The maximum Gasteiger partial charge on any atom is 0.145 e. The van der Waals surface area contributed by atoms with Crippen LogP contribution in [0.15, 0.2) is 42.6 Å². The van der Waals surface area contributed by atoms with Gasteiger partial charge in [0.15, 0.2) is 0 Å². The molecule has 0 saturated heterocycles. The van der Waals surface area contributed by atoms with Gasteiger partial charge < -0.3 is 15.6 Å². The number of benzene rings is 1. The summed E-state index contributed by atoms with van der Waals surface area (Å²) in [5.41, 5.74) is 7.36. The first-order valence-electron chi connectivity index (χ1n) is 5.78. The highest BCUT2D eigenvalue weighted by Gasteiger charge is 2.02. The molecule has 1 aromatic heterocycles. The van der Waals surface area contributed by atoms with E-state index in [1.807, 2.05) is 37.3 Å². The third-order valence-electron chi connectivity index (χ3n) is 2.54. The minimum absolute atomic E-state index is 0.000917. The average molecular weight is 244 g/mol. The highest BCUT2D eigenvalue weighted by atomic mass is 16.5. The van der Waals surface area contributed by atoms with Gasteiger partial charge in [0.2, 0.25) is 0 Å². The molecule has 18 heavy (non-hydrogen) atoms. The predicted molar refractivity (Wildman–Crippen MR) is 69.3 cm³/mol. The number of hydrogen-bond acceptors (Lipinski definition) is 4. The van der Waals surface area contributed by atoms with Gasteiger partial charge in [-0.2, -0.15) is 0 Å². The Morgan fingerprint density at radius 3 is 2.72 bits per heavy atom. The Bertz CT molecular complexity index is 509. The Kier molecular flexibility index (Phi) is 3.92. The van der Waals surface area contributed by atoms with Crippen molar-refractivity contribution in [1.82, 2.24) is 4.98 Å². The summed E-state index contributed by atoms with van der Waals surface area (Å²) < 4.78 is 5.64. The van der Waals surface area contributed by atoms with E-state index in [0.29, 0.717) is 11.5 Å². The van der Waals surface area contributed by atoms with Crippen LogP contribution in [0.25, 0.3) is 0 Å². The molecule has 4 heteroatoms. The number of nitrogens with zero attached hydrogens (tertiary/aromatic N) is 1. The van der Waals surface area contributed by atoms with E-state index in [1.165, 1.54) is 0 Å². The van der Waals surface area contributed by atoms with Gasteiger partial charge in [0, 0.05) is 6.04 Å². The number of nitrogens with two attached hydrogens (primary N) is 1. The van der Waals surface area contributed by atoms with Crippen molar-refractivity contribution in [1.29, 1.82) is 0 Å². The summed E-state index contributed by atoms with van der Waals surface area (Å²) in [6.45, 7) is 1.88. The molecule has 4 nitrogen and oxygen atoms in total. The molecular formula is C14H16N2O2. The van der Waals surface area contributed by atoms with Crippen molar-refractivity contribution in [2.75, 3.05) is 0 Å². The standard InChI is InChI=1S/C14H16N2O2/c1-10(15)14-6-5-13(8-16-14)18-12-4-2-3-11(7-12)9-17/h2-8,10,17H,9,15H2,1H3/t10-/m0/s1. The number of aromatic nitrogens is 1. The molecule has 2 aromatic rings. The highest BCUT2D eigenvalue weighted by molar-refractivity contribution is 5.33. The van der Waals surface area contributed by atoms with Gasteiger partial charge in [0.05, 0.1) is 18.5 Å². The molecule has 94 valence electrons. The van der Waals surface area contributed by atoms with E-state index >= 15 is 0 Å². The summed E-state index contributed by atoms with van der Waals surface area (Å²) in [6, 6.07) is 10.9. The number of aliphatic hydroxyl groups is 1. The van der Waals surface area contributed by atoms with Gasteiger partial charge in [-0.25, -0.2) is 0 Å². The largest absolute Gasteiger partial charge is 0.456 e. The number of ether oxygens (including phenoxy) is 1. The summed E-state index contributed by atoms with van der Waals surface area (Å²) in [6.07, 6.45) is 1.64. The third kappa shape index (κ3) is 3.06. The SMILES string of the molecule is C[C@H](N)c1ccc(Oc2cccc(CO)c2)cn1. The Morgan fingerprint density at radius 1 is 1.28 bits per heavy atom. The number of aliphatic hydroxyl groups excluding tert-OH is 1. The van der Waals surface area contributed by atoms with E-state index in [2.05, 4.69) is 4.98 Å². The van der Waals surface area contributed by atoms with Gasteiger partial charge in [-0.05, 0) is 36.8 Å². The van der Waals surface area contributed by atoms with E-state index in [-0.39, 0.29) is 12.6 Å². The van der Waals surface area contributed by atoms with Crippen LogP contribution < -0.4 is 10.5 Å². The topological polar surface area (TPSA) is 68.4 Å². The molecule has 0 radical (unpaired) electrons. The number of hydrogen-bond donors (Lipinski definition) is 2. The summed E-state index contributed by atoms with van der Waals surface area (Å²) in [5.74, 6) is 1.33. The molecule has 0 aliphatic rings. The molecule has 3 N–H and O–H groups in total. The molecule has 0 saturated carbocycles. The predicted octanol–water partition coefficient (Wildman–Crippen LogP) is 2.39. The smallest absolute Gasteiger partial charge is 0.145 e. The fourth-order valence-electron chi connectivity index (χ4n) is 1.56. The Balaban J connectivity index is 2.13. The molecule has 0 aliphatic carbocycles. The van der Waals surface area contributed by atoms with Crippen molar-refractivity contribution >= 4 is 0 Å². The van der Waals surface area contributed by atoms with Crippen LogP contribution >= 0.6 is 0 Å². The summed E-state index contributed by atoms with van der Waals surface area (Å²) in [5, 5.41) is 9.04. The van der Waals surface area contributed by atoms with Crippen LogP contribution in [0.4, 0.5) is 0 Å². The lowest BCUT2D eigenvalue weighted by atomic mass is 10.2. The average Bonchev–Trinajstić information content (AvgIpc) is 2.39. The Hall–Kier alpha value is -1.91. The molecular weight excluding hydrogens is 228 g/mol. The van der Waals surface area contributed by atoms with Gasteiger partial charge in [0.25, 0.3) is 0 Å². The van der Waals surface area contributed by atoms with E-state index < -0.39 is 0 Å². The number of pyridine rings is 1. The second kappa shape index (κ2) is 5.62. The zero-order valence-electron chi connectivity index (χ0n) is 10.2. The molecule has 0 unspecified atom stereocenters. The Morgan fingerprint density at radius 2 is 2.11 bits per heavy atom. The summed E-state index contributed by atoms with van der Waals surface area (Å²) >= 11 is 0. The fraction of sp³-hybridized carbons (Fsp3) is 0.214. The van der Waals surface area contributed by atoms with Gasteiger partial charge in [-0.15, -0.1) is 0 Å². The minimum Gasteiger partial charge on any atom is -0.456 e. The van der Waals surface area contributed by atoms with Gasteiger partial charge in [-0.1, -0.05) is 12.1 Å². The molecule has 1 aromatic carbocycles. The third-order valence-corrected chi connectivity index (χ3v) is 2.54. The molecule has 1 atom stereocenters. The lowest BCUT2D eigenvalue weighted by Gasteiger charge is -2.08. The van der Waals surface area contributed by atoms with Gasteiger partial charge in [0.1, 0.15) is 11.5 Å². The molecule has 0 spiro atoms. The van der Waals surface area contributed by atoms with Crippen LogP contribution in [-0.4, -0.2) is 10.1 Å². The van der Waals surface area contributed by atoms with Crippen LogP contribution in [0.2, 0.25) is 0 Å². The molecule has 0 aliphatic heterocycles. The van der Waals surface area contributed by atoms with Gasteiger partial charge >= 0.3 is 0 Å². The lowest BCUT2D eigenvalue weighted by molar-refractivity contribution is 0.281. The second-order valence-electron chi connectivity index (χ2n) is 4.12. The van der Waals surface area contributed by atoms with Crippen LogP contribution in [0.1, 0.15) is 24.2 Å². The van der Waals surface area contributed by atoms with Crippen molar-refractivity contribution in [3.63, 3.8) is 0 Å². The minimum atomic E-state index is -0.0863. The first-order valence-corrected chi connectivity index (χ1v) is 5.78. The van der Waals surface area contributed by atoms with Crippen molar-refractivity contribution in [3.05, 3.63) is 53.9 Å².